The number of ether oxygens (including phenoxy) is 1. The van der Waals surface area contributed by atoms with E-state index in [-0.39, 0.29) is 0 Å². The minimum Gasteiger partial charge on any atom is -0.497 e. The lowest BCUT2D eigenvalue weighted by molar-refractivity contribution is 0.415. The zero-order chi connectivity index (χ0) is 13.9. The largest absolute Gasteiger partial charge is 0.497 e. The van der Waals surface area contributed by atoms with E-state index < -0.39 is 0 Å². The number of aryl methyl sites for hydroxylation is 1. The van der Waals surface area contributed by atoms with Crippen molar-refractivity contribution in [2.45, 2.75) is 0 Å². The second kappa shape index (κ2) is 5.25. The third-order valence-electron chi connectivity index (χ3n) is 3.55. The lowest BCUT2D eigenvalue weighted by Crippen LogP contribution is -1.89. The molecule has 0 saturated carbocycles. The zero-order valence-electron chi connectivity index (χ0n) is 11.7. The summed E-state index contributed by atoms with van der Waals surface area (Å²) in [5.41, 5.74) is 3.61. The molecule has 2 heteroatoms. The van der Waals surface area contributed by atoms with E-state index in [9.17, 15) is 0 Å². The van der Waals surface area contributed by atoms with Crippen LogP contribution < -0.4 is 4.74 Å². The number of nitrogens with zero attached hydrogens (tertiary/aromatic N) is 1. The van der Waals surface area contributed by atoms with Crippen molar-refractivity contribution in [3.63, 3.8) is 0 Å². The molecular weight excluding hydrogens is 246 g/mol. The Morgan fingerprint density at radius 2 is 1.70 bits per heavy atom. The minimum atomic E-state index is 0.881. The van der Waals surface area contributed by atoms with Crippen LogP contribution in [-0.4, -0.2) is 11.7 Å². The van der Waals surface area contributed by atoms with Crippen LogP contribution >= 0.6 is 0 Å². The van der Waals surface area contributed by atoms with Crippen LogP contribution in [0.1, 0.15) is 11.3 Å². The highest BCUT2D eigenvalue weighted by Crippen LogP contribution is 2.20. The molecule has 0 fully saturated rings. The molecule has 0 aliphatic carbocycles. The number of para-hydroxylation sites is 1. The van der Waals surface area contributed by atoms with Gasteiger partial charge in [-0.15, -0.1) is 0 Å². The van der Waals surface area contributed by atoms with Crippen molar-refractivity contribution in [2.24, 2.45) is 7.05 Å². The number of benzene rings is 2. The lowest BCUT2D eigenvalue weighted by atomic mass is 10.2. The van der Waals surface area contributed by atoms with Crippen LogP contribution in [0.4, 0.5) is 0 Å². The first-order valence-electron chi connectivity index (χ1n) is 6.64. The molecule has 0 unspecified atom stereocenters. The van der Waals surface area contributed by atoms with E-state index in [2.05, 4.69) is 66.2 Å². The third-order valence-corrected chi connectivity index (χ3v) is 3.55. The van der Waals surface area contributed by atoms with E-state index in [1.807, 2.05) is 12.1 Å². The highest BCUT2D eigenvalue weighted by molar-refractivity contribution is 5.85. The fourth-order valence-electron chi connectivity index (χ4n) is 2.37. The standard InChI is InChI=1S/C18H17NO/c1-19-16(13-15-5-3-4-6-18(15)19)10-7-14-8-11-17(20-2)12-9-14/h3-13H,1-2H3/b10-7+. The summed E-state index contributed by atoms with van der Waals surface area (Å²) in [4.78, 5) is 0. The average molecular weight is 263 g/mol. The minimum absolute atomic E-state index is 0.881. The summed E-state index contributed by atoms with van der Waals surface area (Å²) < 4.78 is 7.37. The molecule has 20 heavy (non-hydrogen) atoms. The Morgan fingerprint density at radius 3 is 2.40 bits per heavy atom. The van der Waals surface area contributed by atoms with E-state index in [1.54, 1.807) is 7.11 Å². The molecule has 2 aromatic carbocycles. The van der Waals surface area contributed by atoms with Crippen molar-refractivity contribution >= 4 is 23.1 Å². The summed E-state index contributed by atoms with van der Waals surface area (Å²) in [5.74, 6) is 0.881. The average Bonchev–Trinajstić information content (AvgIpc) is 2.83. The van der Waals surface area contributed by atoms with Gasteiger partial charge in [0, 0.05) is 23.6 Å². The van der Waals surface area contributed by atoms with Crippen molar-refractivity contribution in [3.05, 3.63) is 65.9 Å². The second-order valence-corrected chi connectivity index (χ2v) is 4.79. The first kappa shape index (κ1) is 12.5. The number of rotatable bonds is 3. The topological polar surface area (TPSA) is 14.2 Å². The maximum Gasteiger partial charge on any atom is 0.118 e. The van der Waals surface area contributed by atoms with Gasteiger partial charge in [-0.05, 0) is 35.9 Å². The molecule has 3 rings (SSSR count). The SMILES string of the molecule is COc1ccc(/C=C/c2cc3ccccc3n2C)cc1. The van der Waals surface area contributed by atoms with Crippen molar-refractivity contribution in [1.82, 2.24) is 4.57 Å². The Hall–Kier alpha value is -2.48. The third kappa shape index (κ3) is 2.32. The Kier molecular flexibility index (Phi) is 3.30. The molecule has 100 valence electrons. The number of methoxy groups -OCH3 is 1. The fraction of sp³-hybridized carbons (Fsp3) is 0.111. The predicted octanol–water partition coefficient (Wildman–Crippen LogP) is 4.36. The monoisotopic (exact) mass is 263 g/mol. The molecule has 0 spiro atoms. The highest BCUT2D eigenvalue weighted by atomic mass is 16.5. The van der Waals surface area contributed by atoms with Gasteiger partial charge in [0.15, 0.2) is 0 Å². The second-order valence-electron chi connectivity index (χ2n) is 4.79. The molecule has 0 aliphatic heterocycles. The van der Waals surface area contributed by atoms with Gasteiger partial charge in [-0.3, -0.25) is 0 Å². The maximum absolute atomic E-state index is 5.16. The molecule has 0 radical (unpaired) electrons. The highest BCUT2D eigenvalue weighted by Gasteiger charge is 2.01. The maximum atomic E-state index is 5.16. The first-order valence-corrected chi connectivity index (χ1v) is 6.64. The molecule has 0 aliphatic rings. The van der Waals surface area contributed by atoms with Gasteiger partial charge in [-0.1, -0.05) is 36.4 Å². The first-order chi connectivity index (χ1) is 9.78. The fourth-order valence-corrected chi connectivity index (χ4v) is 2.37. The van der Waals surface area contributed by atoms with Crippen LogP contribution in [0.5, 0.6) is 5.75 Å². The van der Waals surface area contributed by atoms with Crippen molar-refractivity contribution < 1.29 is 4.74 Å². The van der Waals surface area contributed by atoms with E-state index >= 15 is 0 Å². The van der Waals surface area contributed by atoms with Crippen molar-refractivity contribution in [2.75, 3.05) is 7.11 Å². The Bertz CT molecular complexity index is 751. The van der Waals surface area contributed by atoms with Gasteiger partial charge in [0.1, 0.15) is 5.75 Å². The number of hydrogen-bond acceptors (Lipinski definition) is 1. The summed E-state index contributed by atoms with van der Waals surface area (Å²) in [5, 5.41) is 1.27. The lowest BCUT2D eigenvalue weighted by Gasteiger charge is -2.00. The van der Waals surface area contributed by atoms with Gasteiger partial charge in [0.2, 0.25) is 0 Å². The van der Waals surface area contributed by atoms with Crippen LogP contribution in [0.2, 0.25) is 0 Å². The van der Waals surface area contributed by atoms with Gasteiger partial charge in [-0.25, -0.2) is 0 Å². The Morgan fingerprint density at radius 1 is 0.950 bits per heavy atom. The smallest absolute Gasteiger partial charge is 0.118 e. The normalized spacial score (nSPS) is 11.3. The molecular formula is C18H17NO. The quantitative estimate of drug-likeness (QED) is 0.685. The van der Waals surface area contributed by atoms with E-state index in [1.165, 1.54) is 16.6 Å². The molecule has 0 N–H and O–H groups in total. The number of hydrogen-bond donors (Lipinski definition) is 0. The summed E-state index contributed by atoms with van der Waals surface area (Å²) in [6, 6.07) is 18.7. The van der Waals surface area contributed by atoms with Gasteiger partial charge < -0.3 is 9.30 Å². The number of aromatic nitrogens is 1. The molecule has 0 bridgehead atoms. The van der Waals surface area contributed by atoms with Crippen LogP contribution in [0, 0.1) is 0 Å². The van der Waals surface area contributed by atoms with Crippen molar-refractivity contribution in [1.29, 1.82) is 0 Å². The van der Waals surface area contributed by atoms with Gasteiger partial charge in [0.25, 0.3) is 0 Å². The van der Waals surface area contributed by atoms with Crippen LogP contribution in [0.25, 0.3) is 23.1 Å². The predicted molar refractivity (Wildman–Crippen MR) is 84.8 cm³/mol. The molecule has 0 amide bonds. The summed E-state index contributed by atoms with van der Waals surface area (Å²) in [6.45, 7) is 0. The van der Waals surface area contributed by atoms with E-state index in [4.69, 9.17) is 4.74 Å². The van der Waals surface area contributed by atoms with Gasteiger partial charge in [0.05, 0.1) is 7.11 Å². The summed E-state index contributed by atoms with van der Waals surface area (Å²) >= 11 is 0. The Labute approximate surface area is 118 Å². The van der Waals surface area contributed by atoms with E-state index in [0.29, 0.717) is 0 Å². The Balaban J connectivity index is 1.91. The molecule has 0 saturated heterocycles. The van der Waals surface area contributed by atoms with E-state index in [0.717, 1.165) is 11.3 Å². The van der Waals surface area contributed by atoms with Crippen LogP contribution in [0.3, 0.4) is 0 Å². The summed E-state index contributed by atoms with van der Waals surface area (Å²) in [6.07, 6.45) is 4.26. The van der Waals surface area contributed by atoms with Gasteiger partial charge in [-0.2, -0.15) is 0 Å². The molecule has 0 atom stereocenters. The van der Waals surface area contributed by atoms with Crippen molar-refractivity contribution in [3.8, 4) is 5.75 Å². The van der Waals surface area contributed by atoms with Crippen LogP contribution in [0.15, 0.2) is 54.6 Å². The van der Waals surface area contributed by atoms with Gasteiger partial charge >= 0.3 is 0 Å². The van der Waals surface area contributed by atoms with Crippen LogP contribution in [-0.2, 0) is 7.05 Å². The molecule has 3 aromatic rings. The molecule has 1 aromatic heterocycles. The number of fused-ring (bicyclic) bond motifs is 1. The summed E-state index contributed by atoms with van der Waals surface area (Å²) in [7, 11) is 3.77. The zero-order valence-corrected chi connectivity index (χ0v) is 11.7. The molecule has 2 nitrogen and oxygen atoms in total. The molecule has 1 heterocycles.